The van der Waals surface area contributed by atoms with Gasteiger partial charge in [0.2, 0.25) is 0 Å². The summed E-state index contributed by atoms with van der Waals surface area (Å²) in [7, 11) is 0. The summed E-state index contributed by atoms with van der Waals surface area (Å²) < 4.78 is 37.6. The van der Waals surface area contributed by atoms with Crippen molar-refractivity contribution in [1.29, 1.82) is 0 Å². The number of hydrogen-bond acceptors (Lipinski definition) is 4. The van der Waals surface area contributed by atoms with Crippen molar-refractivity contribution < 1.29 is 18.1 Å². The highest BCUT2D eigenvalue weighted by Gasteiger charge is 2.34. The zero-order valence-corrected chi connectivity index (χ0v) is 11.0. The SMILES string of the molecule is CCCCCCNc1cc(C(F)(F)F)ncc1[N+](=O)[O-]. The average Bonchev–Trinajstić information content (AvgIpc) is 2.37. The monoisotopic (exact) mass is 291 g/mol. The minimum atomic E-state index is -4.62. The third-order valence-corrected chi connectivity index (χ3v) is 2.72. The minimum absolute atomic E-state index is 0.145. The van der Waals surface area contributed by atoms with Crippen LogP contribution in [0.3, 0.4) is 0 Å². The molecule has 0 atom stereocenters. The van der Waals surface area contributed by atoms with E-state index in [4.69, 9.17) is 0 Å². The molecule has 0 aromatic carbocycles. The summed E-state index contributed by atoms with van der Waals surface area (Å²) in [4.78, 5) is 13.1. The first-order chi connectivity index (χ1) is 9.36. The van der Waals surface area contributed by atoms with Crippen LogP contribution in [0.2, 0.25) is 0 Å². The summed E-state index contributed by atoms with van der Waals surface area (Å²) in [6, 6.07) is 0.679. The highest BCUT2D eigenvalue weighted by Crippen LogP contribution is 2.32. The van der Waals surface area contributed by atoms with Crippen molar-refractivity contribution in [1.82, 2.24) is 4.98 Å². The van der Waals surface area contributed by atoms with Crippen molar-refractivity contribution in [2.45, 2.75) is 38.8 Å². The van der Waals surface area contributed by atoms with Gasteiger partial charge in [0.05, 0.1) is 4.92 Å². The maximum absolute atomic E-state index is 12.5. The number of hydrogen-bond donors (Lipinski definition) is 1. The van der Waals surface area contributed by atoms with Crippen LogP contribution < -0.4 is 5.32 Å². The van der Waals surface area contributed by atoms with Gasteiger partial charge in [-0.05, 0) is 12.5 Å². The fourth-order valence-corrected chi connectivity index (χ4v) is 1.67. The molecule has 0 saturated heterocycles. The van der Waals surface area contributed by atoms with Crippen LogP contribution in [-0.2, 0) is 6.18 Å². The number of anilines is 1. The lowest BCUT2D eigenvalue weighted by atomic mass is 10.2. The fraction of sp³-hybridized carbons (Fsp3) is 0.583. The predicted octanol–water partition coefficient (Wildman–Crippen LogP) is 4.00. The largest absolute Gasteiger partial charge is 0.433 e. The highest BCUT2D eigenvalue weighted by atomic mass is 19.4. The zero-order chi connectivity index (χ0) is 15.2. The Morgan fingerprint density at radius 1 is 1.35 bits per heavy atom. The van der Waals surface area contributed by atoms with Gasteiger partial charge in [0, 0.05) is 6.54 Å². The summed E-state index contributed by atoms with van der Waals surface area (Å²) in [5.41, 5.74) is -1.73. The topological polar surface area (TPSA) is 68.1 Å². The molecule has 0 saturated carbocycles. The Balaban J connectivity index is 2.81. The van der Waals surface area contributed by atoms with Crippen LogP contribution in [-0.4, -0.2) is 16.5 Å². The summed E-state index contributed by atoms with van der Waals surface area (Å²) in [5.74, 6) is 0. The van der Waals surface area contributed by atoms with Crippen LogP contribution in [0, 0.1) is 10.1 Å². The standard InChI is InChI=1S/C12H16F3N3O2/c1-2-3-4-5-6-16-9-7-11(12(13,14)15)17-8-10(9)18(19)20/h7-8H,2-6H2,1H3,(H,16,17). The van der Waals surface area contributed by atoms with Gasteiger partial charge in [-0.2, -0.15) is 13.2 Å². The molecule has 0 aliphatic rings. The third-order valence-electron chi connectivity index (χ3n) is 2.72. The van der Waals surface area contributed by atoms with E-state index in [-0.39, 0.29) is 5.69 Å². The molecule has 0 spiro atoms. The van der Waals surface area contributed by atoms with Gasteiger partial charge in [-0.1, -0.05) is 26.2 Å². The quantitative estimate of drug-likeness (QED) is 0.468. The van der Waals surface area contributed by atoms with Gasteiger partial charge in [-0.3, -0.25) is 10.1 Å². The number of nitro groups is 1. The molecule has 5 nitrogen and oxygen atoms in total. The first-order valence-corrected chi connectivity index (χ1v) is 6.31. The molecule has 8 heteroatoms. The van der Waals surface area contributed by atoms with Gasteiger partial charge in [-0.25, -0.2) is 4.98 Å². The maximum atomic E-state index is 12.5. The summed E-state index contributed by atoms with van der Waals surface area (Å²) in [6.07, 6.45) is -0.254. The fourth-order valence-electron chi connectivity index (χ4n) is 1.67. The molecular weight excluding hydrogens is 275 g/mol. The van der Waals surface area contributed by atoms with E-state index in [9.17, 15) is 23.3 Å². The van der Waals surface area contributed by atoms with Crippen LogP contribution in [0.4, 0.5) is 24.5 Å². The molecule has 0 aliphatic carbocycles. The van der Waals surface area contributed by atoms with Crippen molar-refractivity contribution >= 4 is 11.4 Å². The Kier molecular flexibility index (Phi) is 5.72. The van der Waals surface area contributed by atoms with Crippen molar-refractivity contribution in [2.24, 2.45) is 0 Å². The zero-order valence-electron chi connectivity index (χ0n) is 11.0. The number of halogens is 3. The normalized spacial score (nSPS) is 11.4. The molecule has 0 bridgehead atoms. The lowest BCUT2D eigenvalue weighted by molar-refractivity contribution is -0.384. The molecule has 1 heterocycles. The summed E-state index contributed by atoms with van der Waals surface area (Å²) >= 11 is 0. The summed E-state index contributed by atoms with van der Waals surface area (Å²) in [6.45, 7) is 2.43. The van der Waals surface area contributed by atoms with Crippen LogP contribution in [0.15, 0.2) is 12.3 Å². The van der Waals surface area contributed by atoms with Crippen molar-refractivity contribution in [3.05, 3.63) is 28.1 Å². The number of alkyl halides is 3. The molecule has 0 aliphatic heterocycles. The molecule has 0 fully saturated rings. The Hall–Kier alpha value is -1.86. The molecule has 20 heavy (non-hydrogen) atoms. The van der Waals surface area contributed by atoms with Gasteiger partial charge in [0.15, 0.2) is 0 Å². The first-order valence-electron chi connectivity index (χ1n) is 6.31. The predicted molar refractivity (Wildman–Crippen MR) is 68.5 cm³/mol. The lowest BCUT2D eigenvalue weighted by Crippen LogP contribution is -2.11. The number of pyridine rings is 1. The Labute approximate surface area is 114 Å². The van der Waals surface area contributed by atoms with Crippen LogP contribution in [0.1, 0.15) is 38.3 Å². The molecule has 1 aromatic rings. The minimum Gasteiger partial charge on any atom is -0.379 e. The molecule has 0 radical (unpaired) electrons. The maximum Gasteiger partial charge on any atom is 0.433 e. The molecular formula is C12H16F3N3O2. The number of nitrogens with one attached hydrogen (secondary N) is 1. The van der Waals surface area contributed by atoms with Gasteiger partial charge >= 0.3 is 11.9 Å². The first kappa shape index (κ1) is 16.2. The van der Waals surface area contributed by atoms with Gasteiger partial charge in [0.1, 0.15) is 17.6 Å². The average molecular weight is 291 g/mol. The van der Waals surface area contributed by atoms with E-state index < -0.39 is 22.5 Å². The number of unbranched alkanes of at least 4 members (excludes halogenated alkanes) is 3. The van der Waals surface area contributed by atoms with E-state index in [1.165, 1.54) is 0 Å². The van der Waals surface area contributed by atoms with E-state index >= 15 is 0 Å². The van der Waals surface area contributed by atoms with Crippen LogP contribution in [0.25, 0.3) is 0 Å². The molecule has 0 unspecified atom stereocenters. The number of nitrogens with zero attached hydrogens (tertiary/aromatic N) is 2. The molecule has 0 amide bonds. The van der Waals surface area contributed by atoms with Crippen LogP contribution in [0.5, 0.6) is 0 Å². The number of rotatable bonds is 7. The highest BCUT2D eigenvalue weighted by molar-refractivity contribution is 5.61. The molecule has 1 aromatic heterocycles. The second-order valence-corrected chi connectivity index (χ2v) is 4.33. The van der Waals surface area contributed by atoms with Crippen LogP contribution >= 0.6 is 0 Å². The van der Waals surface area contributed by atoms with E-state index in [0.29, 0.717) is 18.8 Å². The smallest absolute Gasteiger partial charge is 0.379 e. The molecule has 1 N–H and O–H groups in total. The van der Waals surface area contributed by atoms with Gasteiger partial charge in [-0.15, -0.1) is 0 Å². The second-order valence-electron chi connectivity index (χ2n) is 4.33. The second kappa shape index (κ2) is 7.06. The van der Waals surface area contributed by atoms with Crippen molar-refractivity contribution in [3.8, 4) is 0 Å². The summed E-state index contributed by atoms with van der Waals surface area (Å²) in [5, 5.41) is 13.4. The lowest BCUT2D eigenvalue weighted by Gasteiger charge is -2.10. The number of aromatic nitrogens is 1. The van der Waals surface area contributed by atoms with E-state index in [0.717, 1.165) is 25.7 Å². The van der Waals surface area contributed by atoms with Gasteiger partial charge in [0.25, 0.3) is 0 Å². The Morgan fingerprint density at radius 2 is 2.05 bits per heavy atom. The van der Waals surface area contributed by atoms with E-state index in [1.807, 2.05) is 6.92 Å². The Morgan fingerprint density at radius 3 is 2.60 bits per heavy atom. The Bertz CT molecular complexity index is 464. The van der Waals surface area contributed by atoms with Gasteiger partial charge < -0.3 is 5.32 Å². The van der Waals surface area contributed by atoms with E-state index in [1.54, 1.807) is 0 Å². The molecule has 112 valence electrons. The van der Waals surface area contributed by atoms with Crippen molar-refractivity contribution in [2.75, 3.05) is 11.9 Å². The molecule has 1 rings (SSSR count). The van der Waals surface area contributed by atoms with Crippen molar-refractivity contribution in [3.63, 3.8) is 0 Å². The third kappa shape index (κ3) is 4.67. The van der Waals surface area contributed by atoms with E-state index in [2.05, 4.69) is 10.3 Å².